The molecule has 33 heavy (non-hydrogen) atoms. The summed E-state index contributed by atoms with van der Waals surface area (Å²) in [6.45, 7) is 2.28. The molecule has 0 fully saturated rings. The van der Waals surface area contributed by atoms with Crippen molar-refractivity contribution in [1.82, 2.24) is 0 Å². The van der Waals surface area contributed by atoms with Crippen molar-refractivity contribution in [3.05, 3.63) is 96.6 Å². The summed E-state index contributed by atoms with van der Waals surface area (Å²) in [4.78, 5) is 0. The minimum Gasteiger partial charge on any atom is -0.0654 e. The lowest BCUT2D eigenvalue weighted by Crippen LogP contribution is -1.87. The first kappa shape index (κ1) is 20.2. The van der Waals surface area contributed by atoms with Gasteiger partial charge in [-0.2, -0.15) is 0 Å². The third-order valence-corrected chi connectivity index (χ3v) is 7.29. The van der Waals surface area contributed by atoms with Crippen molar-refractivity contribution < 1.29 is 0 Å². The number of fused-ring (bicyclic) bond motifs is 7. The van der Waals surface area contributed by atoms with Crippen LogP contribution in [0.4, 0.5) is 0 Å². The Morgan fingerprint density at radius 1 is 0.424 bits per heavy atom. The maximum absolute atomic E-state index is 2.41. The minimum atomic E-state index is 1.19. The molecule has 0 unspecified atom stereocenters. The highest BCUT2D eigenvalue weighted by Gasteiger charge is 2.08. The molecule has 0 spiro atoms. The first-order valence-electron chi connectivity index (χ1n) is 12.5. The highest BCUT2D eigenvalue weighted by molar-refractivity contribution is 6.20. The topological polar surface area (TPSA) is 0 Å². The molecule has 0 aliphatic rings. The fourth-order valence-corrected chi connectivity index (χ4v) is 5.45. The molecule has 0 bridgehead atoms. The Hall–Kier alpha value is -3.38. The first-order valence-corrected chi connectivity index (χ1v) is 12.5. The second-order valence-electron chi connectivity index (χ2n) is 9.57. The van der Waals surface area contributed by atoms with Crippen molar-refractivity contribution in [2.75, 3.05) is 0 Å². The zero-order valence-electron chi connectivity index (χ0n) is 19.4. The normalized spacial score (nSPS) is 11.9. The quantitative estimate of drug-likeness (QED) is 0.141. The molecule has 0 aromatic heterocycles. The van der Waals surface area contributed by atoms with E-state index in [1.807, 2.05) is 0 Å². The van der Waals surface area contributed by atoms with E-state index in [1.54, 1.807) is 0 Å². The van der Waals surface area contributed by atoms with Gasteiger partial charge >= 0.3 is 0 Å². The van der Waals surface area contributed by atoms with Gasteiger partial charge in [0.2, 0.25) is 0 Å². The SMILES string of the molecule is CCCCCCCc1ccc2cc3c(ccc4c5cc6ccccc6cc5ccc34)cc2c1. The summed E-state index contributed by atoms with van der Waals surface area (Å²) in [6, 6.07) is 34.4. The molecule has 6 rings (SSSR count). The molecule has 0 N–H and O–H groups in total. The van der Waals surface area contributed by atoms with Gasteiger partial charge in [0.25, 0.3) is 0 Å². The Morgan fingerprint density at radius 3 is 1.70 bits per heavy atom. The first-order chi connectivity index (χ1) is 16.3. The second-order valence-corrected chi connectivity index (χ2v) is 9.57. The van der Waals surface area contributed by atoms with Gasteiger partial charge in [0.1, 0.15) is 0 Å². The predicted molar refractivity (Wildman–Crippen MR) is 146 cm³/mol. The van der Waals surface area contributed by atoms with Crippen LogP contribution in [0.25, 0.3) is 53.9 Å². The second kappa shape index (κ2) is 8.52. The fourth-order valence-electron chi connectivity index (χ4n) is 5.45. The molecular weight excluding hydrogens is 396 g/mol. The monoisotopic (exact) mass is 426 g/mol. The molecule has 0 saturated heterocycles. The smallest absolute Gasteiger partial charge is 0.00987 e. The Labute approximate surface area is 195 Å². The van der Waals surface area contributed by atoms with E-state index in [4.69, 9.17) is 0 Å². The van der Waals surface area contributed by atoms with Gasteiger partial charge in [0.05, 0.1) is 0 Å². The van der Waals surface area contributed by atoms with Crippen LogP contribution in [-0.2, 0) is 6.42 Å². The van der Waals surface area contributed by atoms with Crippen LogP contribution >= 0.6 is 0 Å². The van der Waals surface area contributed by atoms with Gasteiger partial charge < -0.3 is 0 Å². The molecule has 6 aromatic rings. The molecule has 0 saturated carbocycles. The van der Waals surface area contributed by atoms with Gasteiger partial charge in [-0.25, -0.2) is 0 Å². The van der Waals surface area contributed by atoms with E-state index in [0.29, 0.717) is 0 Å². The molecular formula is C33H30. The van der Waals surface area contributed by atoms with E-state index in [9.17, 15) is 0 Å². The van der Waals surface area contributed by atoms with Crippen molar-refractivity contribution >= 4 is 53.9 Å². The molecule has 0 atom stereocenters. The molecule has 0 heteroatoms. The van der Waals surface area contributed by atoms with E-state index in [2.05, 4.69) is 97.9 Å². The summed E-state index contributed by atoms with van der Waals surface area (Å²) in [7, 11) is 0. The van der Waals surface area contributed by atoms with E-state index in [-0.39, 0.29) is 0 Å². The third kappa shape index (κ3) is 3.74. The van der Waals surface area contributed by atoms with Gasteiger partial charge in [0, 0.05) is 0 Å². The number of benzene rings is 6. The zero-order chi connectivity index (χ0) is 22.2. The maximum atomic E-state index is 2.41. The maximum Gasteiger partial charge on any atom is -0.00987 e. The van der Waals surface area contributed by atoms with Crippen molar-refractivity contribution in [1.29, 1.82) is 0 Å². The average Bonchev–Trinajstić information content (AvgIpc) is 2.85. The molecule has 0 amide bonds. The highest BCUT2D eigenvalue weighted by atomic mass is 14.1. The summed E-state index contributed by atoms with van der Waals surface area (Å²) in [6.07, 6.45) is 7.87. The summed E-state index contributed by atoms with van der Waals surface area (Å²) in [5.41, 5.74) is 1.47. The molecule has 0 aliphatic heterocycles. The summed E-state index contributed by atoms with van der Waals surface area (Å²) in [5, 5.41) is 13.3. The average molecular weight is 427 g/mol. The number of unbranched alkanes of at least 4 members (excludes halogenated alkanes) is 4. The molecule has 0 nitrogen and oxygen atoms in total. The van der Waals surface area contributed by atoms with E-state index >= 15 is 0 Å². The number of rotatable bonds is 6. The van der Waals surface area contributed by atoms with E-state index < -0.39 is 0 Å². The van der Waals surface area contributed by atoms with Gasteiger partial charge in [-0.1, -0.05) is 99.3 Å². The predicted octanol–water partition coefficient (Wildman–Crippen LogP) is 9.97. The molecule has 0 heterocycles. The standard InChI is InChI=1S/C33H30/c1-2-3-4-5-6-9-23-12-13-26-22-33-28(20-29(26)18-23)15-17-30-31(33)16-14-27-19-24-10-7-8-11-25(24)21-32(27)30/h7-8,10-22H,2-6,9H2,1H3. The summed E-state index contributed by atoms with van der Waals surface area (Å²) in [5.74, 6) is 0. The molecule has 162 valence electrons. The third-order valence-electron chi connectivity index (χ3n) is 7.29. The van der Waals surface area contributed by atoms with Gasteiger partial charge in [-0.15, -0.1) is 0 Å². The van der Waals surface area contributed by atoms with Gasteiger partial charge in [0.15, 0.2) is 0 Å². The number of hydrogen-bond acceptors (Lipinski definition) is 0. The minimum absolute atomic E-state index is 1.19. The van der Waals surface area contributed by atoms with Crippen molar-refractivity contribution in [3.63, 3.8) is 0 Å². The van der Waals surface area contributed by atoms with Crippen LogP contribution in [0, 0.1) is 0 Å². The van der Waals surface area contributed by atoms with Crippen molar-refractivity contribution in [3.8, 4) is 0 Å². The Kier molecular flexibility index (Phi) is 5.23. The molecule has 0 radical (unpaired) electrons. The number of hydrogen-bond donors (Lipinski definition) is 0. The van der Waals surface area contributed by atoms with Gasteiger partial charge in [-0.3, -0.25) is 0 Å². The largest absolute Gasteiger partial charge is 0.0654 e. The lowest BCUT2D eigenvalue weighted by Gasteiger charge is -2.11. The van der Waals surface area contributed by atoms with E-state index in [1.165, 1.54) is 98.0 Å². The van der Waals surface area contributed by atoms with Crippen molar-refractivity contribution in [2.45, 2.75) is 45.4 Å². The van der Waals surface area contributed by atoms with Gasteiger partial charge in [-0.05, 0) is 96.5 Å². The Bertz CT molecular complexity index is 1620. The lowest BCUT2D eigenvalue weighted by molar-refractivity contribution is 0.632. The van der Waals surface area contributed by atoms with Crippen molar-refractivity contribution in [2.24, 2.45) is 0 Å². The Balaban J connectivity index is 1.44. The summed E-state index contributed by atoms with van der Waals surface area (Å²) >= 11 is 0. The Morgan fingerprint density at radius 2 is 1.00 bits per heavy atom. The fraction of sp³-hybridized carbons (Fsp3) is 0.212. The summed E-state index contributed by atoms with van der Waals surface area (Å²) < 4.78 is 0. The van der Waals surface area contributed by atoms with Crippen LogP contribution in [0.15, 0.2) is 91.0 Å². The number of aryl methyl sites for hydroxylation is 1. The molecule has 6 aromatic carbocycles. The molecule has 0 aliphatic carbocycles. The van der Waals surface area contributed by atoms with Crippen LogP contribution in [0.5, 0.6) is 0 Å². The van der Waals surface area contributed by atoms with E-state index in [0.717, 1.165) is 0 Å². The van der Waals surface area contributed by atoms with Crippen LogP contribution in [-0.4, -0.2) is 0 Å². The lowest BCUT2D eigenvalue weighted by atomic mass is 9.93. The van der Waals surface area contributed by atoms with Crippen LogP contribution in [0.1, 0.15) is 44.6 Å². The zero-order valence-corrected chi connectivity index (χ0v) is 19.4. The van der Waals surface area contributed by atoms with Crippen LogP contribution in [0.3, 0.4) is 0 Å². The van der Waals surface area contributed by atoms with Crippen LogP contribution in [0.2, 0.25) is 0 Å². The van der Waals surface area contributed by atoms with Crippen LogP contribution < -0.4 is 0 Å². The highest BCUT2D eigenvalue weighted by Crippen LogP contribution is 2.35.